The Morgan fingerprint density at radius 1 is 1.41 bits per heavy atom. The highest BCUT2D eigenvalue weighted by molar-refractivity contribution is 6.76. The van der Waals surface area contributed by atoms with Gasteiger partial charge in [-0.25, -0.2) is 4.79 Å². The monoisotopic (exact) mass is 260 g/mol. The van der Waals surface area contributed by atoms with E-state index in [9.17, 15) is 9.59 Å². The Bertz CT molecular complexity index is 321. The number of rotatable bonds is 4. The first-order valence-electron chi connectivity index (χ1n) is 5.58. The zero-order chi connectivity index (χ0) is 13.3. The summed E-state index contributed by atoms with van der Waals surface area (Å²) in [6, 6.07) is 0.902. The lowest BCUT2D eigenvalue weighted by Gasteiger charge is -2.43. The van der Waals surface area contributed by atoms with E-state index in [1.165, 1.54) is 4.90 Å². The summed E-state index contributed by atoms with van der Waals surface area (Å²) in [5.41, 5.74) is 4.24. The van der Waals surface area contributed by atoms with Gasteiger partial charge in [0.2, 0.25) is 0 Å². The van der Waals surface area contributed by atoms with Crippen molar-refractivity contribution in [2.24, 2.45) is 5.73 Å². The third kappa shape index (κ3) is 3.71. The van der Waals surface area contributed by atoms with Crippen molar-refractivity contribution in [3.63, 3.8) is 0 Å². The van der Waals surface area contributed by atoms with Crippen molar-refractivity contribution < 1.29 is 19.4 Å². The van der Waals surface area contributed by atoms with E-state index in [1.54, 1.807) is 0 Å². The zero-order valence-corrected chi connectivity index (χ0v) is 11.5. The Morgan fingerprint density at radius 3 is 2.35 bits per heavy atom. The van der Waals surface area contributed by atoms with Gasteiger partial charge in [0, 0.05) is 8.07 Å². The first-order chi connectivity index (χ1) is 7.64. The molecule has 0 bridgehead atoms. The van der Waals surface area contributed by atoms with Gasteiger partial charge in [-0.1, -0.05) is 19.6 Å². The average Bonchev–Trinajstić information content (AvgIpc) is 2.10. The maximum absolute atomic E-state index is 11.5. The fourth-order valence-corrected chi connectivity index (χ4v) is 2.15. The number of aliphatic carboxylic acids is 1. The van der Waals surface area contributed by atoms with E-state index in [-0.39, 0.29) is 13.1 Å². The number of ether oxygens (including phenoxy) is 1. The van der Waals surface area contributed by atoms with Crippen LogP contribution in [-0.2, 0) is 9.53 Å². The fraction of sp³-hybridized carbons (Fsp3) is 0.800. The highest BCUT2D eigenvalue weighted by Gasteiger charge is 2.49. The fourth-order valence-electron chi connectivity index (χ4n) is 1.44. The van der Waals surface area contributed by atoms with E-state index in [1.807, 2.05) is 0 Å². The molecule has 0 aromatic carbocycles. The number of nitrogens with zero attached hydrogens (tertiary/aromatic N) is 1. The lowest BCUT2D eigenvalue weighted by molar-refractivity contribution is -0.149. The lowest BCUT2D eigenvalue weighted by atomic mass is 9.92. The number of hydrogen-bond acceptors (Lipinski definition) is 4. The van der Waals surface area contributed by atoms with Crippen molar-refractivity contribution in [2.75, 3.05) is 19.7 Å². The number of hydrogen-bond donors (Lipinski definition) is 2. The van der Waals surface area contributed by atoms with Crippen LogP contribution in [0.5, 0.6) is 0 Å². The first-order valence-corrected chi connectivity index (χ1v) is 9.29. The molecular formula is C10H20N2O4Si. The van der Waals surface area contributed by atoms with Gasteiger partial charge in [-0.2, -0.15) is 0 Å². The van der Waals surface area contributed by atoms with Gasteiger partial charge in [0.25, 0.3) is 0 Å². The van der Waals surface area contributed by atoms with E-state index < -0.39 is 25.7 Å². The van der Waals surface area contributed by atoms with E-state index in [0.717, 1.165) is 6.04 Å². The van der Waals surface area contributed by atoms with Crippen LogP contribution in [0.2, 0.25) is 25.7 Å². The van der Waals surface area contributed by atoms with Gasteiger partial charge in [0.15, 0.2) is 0 Å². The van der Waals surface area contributed by atoms with E-state index in [2.05, 4.69) is 19.6 Å². The molecule has 0 aliphatic carbocycles. The van der Waals surface area contributed by atoms with Crippen LogP contribution >= 0.6 is 0 Å². The molecule has 6 nitrogen and oxygen atoms in total. The molecule has 98 valence electrons. The molecule has 3 N–H and O–H groups in total. The molecule has 17 heavy (non-hydrogen) atoms. The molecule has 1 amide bonds. The maximum atomic E-state index is 11.5. The van der Waals surface area contributed by atoms with E-state index >= 15 is 0 Å². The number of carbonyl (C=O) groups is 2. The standard InChI is InChI=1S/C10H20N2O4Si/c1-17(2,3)5-4-16-9(15)12-6-10(11,7-12)8(13)14/h4-7,11H2,1-3H3,(H,13,14). The summed E-state index contributed by atoms with van der Waals surface area (Å²) in [4.78, 5) is 23.5. The highest BCUT2D eigenvalue weighted by Crippen LogP contribution is 2.19. The van der Waals surface area contributed by atoms with Crippen molar-refractivity contribution in [1.29, 1.82) is 0 Å². The summed E-state index contributed by atoms with van der Waals surface area (Å²) < 4.78 is 5.07. The van der Waals surface area contributed by atoms with Gasteiger partial charge in [-0.3, -0.25) is 4.79 Å². The smallest absolute Gasteiger partial charge is 0.409 e. The predicted molar refractivity (Wildman–Crippen MR) is 65.6 cm³/mol. The average molecular weight is 260 g/mol. The van der Waals surface area contributed by atoms with Gasteiger partial charge in [0.05, 0.1) is 19.7 Å². The van der Waals surface area contributed by atoms with Gasteiger partial charge in [0.1, 0.15) is 5.54 Å². The summed E-state index contributed by atoms with van der Waals surface area (Å²) in [5.74, 6) is -1.08. The lowest BCUT2D eigenvalue weighted by Crippen LogP contribution is -2.72. The molecule has 0 aromatic heterocycles. The minimum Gasteiger partial charge on any atom is -0.480 e. The van der Waals surface area contributed by atoms with Gasteiger partial charge < -0.3 is 20.5 Å². The second-order valence-corrected chi connectivity index (χ2v) is 11.4. The molecule has 1 aliphatic rings. The SMILES string of the molecule is C[Si](C)(C)CCOC(=O)N1CC(N)(C(=O)O)C1. The van der Waals surface area contributed by atoms with Crippen LogP contribution in [0.4, 0.5) is 4.79 Å². The molecule has 1 rings (SSSR count). The molecule has 0 aromatic rings. The molecule has 1 heterocycles. The number of likely N-dealkylation sites (tertiary alicyclic amines) is 1. The molecule has 7 heteroatoms. The topological polar surface area (TPSA) is 92.9 Å². The Hall–Kier alpha value is -1.08. The third-order valence-electron chi connectivity index (χ3n) is 2.71. The molecule has 1 aliphatic heterocycles. The molecule has 1 saturated heterocycles. The molecule has 0 radical (unpaired) electrons. The zero-order valence-electron chi connectivity index (χ0n) is 10.5. The summed E-state index contributed by atoms with van der Waals surface area (Å²) in [6.45, 7) is 7.03. The second-order valence-electron chi connectivity index (χ2n) is 5.74. The quantitative estimate of drug-likeness (QED) is 0.720. The third-order valence-corrected chi connectivity index (χ3v) is 4.41. The van der Waals surface area contributed by atoms with Gasteiger partial charge >= 0.3 is 12.1 Å². The second kappa shape index (κ2) is 4.65. The van der Waals surface area contributed by atoms with Crippen LogP contribution in [0.1, 0.15) is 0 Å². The molecule has 0 spiro atoms. The summed E-state index contributed by atoms with van der Waals surface area (Å²) >= 11 is 0. The van der Waals surface area contributed by atoms with Crippen molar-refractivity contribution in [1.82, 2.24) is 4.90 Å². The van der Waals surface area contributed by atoms with Crippen LogP contribution in [-0.4, -0.2) is 55.4 Å². The van der Waals surface area contributed by atoms with Crippen LogP contribution in [0.25, 0.3) is 0 Å². The van der Waals surface area contributed by atoms with Gasteiger partial charge in [-0.05, 0) is 6.04 Å². The first kappa shape index (κ1) is 14.0. The summed E-state index contributed by atoms with van der Waals surface area (Å²) in [6.07, 6.45) is -0.467. The van der Waals surface area contributed by atoms with E-state index in [0.29, 0.717) is 6.61 Å². The normalized spacial score (nSPS) is 18.5. The van der Waals surface area contributed by atoms with Gasteiger partial charge in [-0.15, -0.1) is 0 Å². The van der Waals surface area contributed by atoms with Crippen molar-refractivity contribution in [3.8, 4) is 0 Å². The Kier molecular flexibility index (Phi) is 3.83. The van der Waals surface area contributed by atoms with Crippen molar-refractivity contribution in [2.45, 2.75) is 31.2 Å². The molecular weight excluding hydrogens is 240 g/mol. The van der Waals surface area contributed by atoms with E-state index in [4.69, 9.17) is 15.6 Å². The molecule has 0 atom stereocenters. The maximum Gasteiger partial charge on any atom is 0.409 e. The number of carboxylic acids is 1. The Balaban J connectivity index is 2.27. The number of carbonyl (C=O) groups excluding carboxylic acids is 1. The largest absolute Gasteiger partial charge is 0.480 e. The molecule has 1 fully saturated rings. The number of nitrogens with two attached hydrogens (primary N) is 1. The molecule has 0 saturated carbocycles. The van der Waals surface area contributed by atoms with Crippen LogP contribution < -0.4 is 5.73 Å². The van der Waals surface area contributed by atoms with Crippen LogP contribution in [0.3, 0.4) is 0 Å². The number of amides is 1. The minimum atomic E-state index is -1.29. The Labute approximate surface area is 102 Å². The Morgan fingerprint density at radius 2 is 1.94 bits per heavy atom. The van der Waals surface area contributed by atoms with Crippen molar-refractivity contribution >= 4 is 20.1 Å². The summed E-state index contributed by atoms with van der Waals surface area (Å²) in [5, 5.41) is 8.78. The summed E-state index contributed by atoms with van der Waals surface area (Å²) in [7, 11) is -1.21. The minimum absolute atomic E-state index is 0.0219. The van der Waals surface area contributed by atoms with Crippen LogP contribution in [0, 0.1) is 0 Å². The number of carboxylic acid groups (broad SMARTS) is 1. The van der Waals surface area contributed by atoms with Crippen molar-refractivity contribution in [3.05, 3.63) is 0 Å². The molecule has 0 unspecified atom stereocenters. The predicted octanol–water partition coefficient (Wildman–Crippen LogP) is 0.559. The highest BCUT2D eigenvalue weighted by atomic mass is 28.3. The van der Waals surface area contributed by atoms with Crippen LogP contribution in [0.15, 0.2) is 0 Å².